The molecule has 0 bridgehead atoms. The summed E-state index contributed by atoms with van der Waals surface area (Å²) in [7, 11) is 0. The summed E-state index contributed by atoms with van der Waals surface area (Å²) < 4.78 is 10.8. The van der Waals surface area contributed by atoms with E-state index in [9.17, 15) is 9.59 Å². The first-order valence-corrected chi connectivity index (χ1v) is 9.52. The smallest absolute Gasteiger partial charge is 0.410 e. The van der Waals surface area contributed by atoms with Crippen molar-refractivity contribution in [3.8, 4) is 0 Å². The molecule has 7 nitrogen and oxygen atoms in total. The standard InChI is InChI=1S/C20H31N3O4/c1-12(2)26-18(24)16-13(3)21-14(4)22-17(16)15-8-10-23(11-9-15)19(25)27-20(5,6)7/h12,15H,8-11H2,1-7H3. The van der Waals surface area contributed by atoms with Gasteiger partial charge in [-0.25, -0.2) is 19.6 Å². The van der Waals surface area contributed by atoms with Crippen molar-refractivity contribution in [1.29, 1.82) is 0 Å². The Balaban J connectivity index is 2.18. The zero-order valence-electron chi connectivity index (χ0n) is 17.5. The molecule has 27 heavy (non-hydrogen) atoms. The summed E-state index contributed by atoms with van der Waals surface area (Å²) in [5.41, 5.74) is 1.32. The first-order chi connectivity index (χ1) is 12.5. The minimum Gasteiger partial charge on any atom is -0.459 e. The van der Waals surface area contributed by atoms with E-state index >= 15 is 0 Å². The molecule has 1 aromatic rings. The summed E-state index contributed by atoms with van der Waals surface area (Å²) in [6.45, 7) is 14.0. The number of amides is 1. The molecule has 0 radical (unpaired) electrons. The topological polar surface area (TPSA) is 81.6 Å². The lowest BCUT2D eigenvalue weighted by atomic mass is 9.90. The number of esters is 1. The molecule has 2 heterocycles. The van der Waals surface area contributed by atoms with Gasteiger partial charge in [-0.15, -0.1) is 0 Å². The summed E-state index contributed by atoms with van der Waals surface area (Å²) in [6, 6.07) is 0. The fourth-order valence-corrected chi connectivity index (χ4v) is 3.22. The molecule has 0 aromatic carbocycles. The lowest BCUT2D eigenvalue weighted by Crippen LogP contribution is -2.41. The molecule has 0 atom stereocenters. The highest BCUT2D eigenvalue weighted by atomic mass is 16.6. The van der Waals surface area contributed by atoms with Crippen LogP contribution in [0.2, 0.25) is 0 Å². The van der Waals surface area contributed by atoms with Crippen molar-refractivity contribution in [2.45, 2.75) is 78.9 Å². The Labute approximate surface area is 161 Å². The number of aryl methyl sites for hydroxylation is 2. The number of hydrogen-bond donors (Lipinski definition) is 0. The van der Waals surface area contributed by atoms with Gasteiger partial charge in [0.25, 0.3) is 0 Å². The summed E-state index contributed by atoms with van der Waals surface area (Å²) in [5.74, 6) is 0.337. The Bertz CT molecular complexity index is 702. The monoisotopic (exact) mass is 377 g/mol. The van der Waals surface area contributed by atoms with Crippen molar-refractivity contribution >= 4 is 12.1 Å². The molecular weight excluding hydrogens is 346 g/mol. The Morgan fingerprint density at radius 1 is 1.11 bits per heavy atom. The number of aromatic nitrogens is 2. The summed E-state index contributed by atoms with van der Waals surface area (Å²) >= 11 is 0. The van der Waals surface area contributed by atoms with Gasteiger partial charge in [-0.1, -0.05) is 0 Å². The number of ether oxygens (including phenoxy) is 2. The number of piperidine rings is 1. The number of likely N-dealkylation sites (tertiary alicyclic amines) is 1. The van der Waals surface area contributed by atoms with Gasteiger partial charge in [0.1, 0.15) is 17.0 Å². The van der Waals surface area contributed by atoms with Crippen molar-refractivity contribution in [2.75, 3.05) is 13.1 Å². The number of carbonyl (C=O) groups is 2. The van der Waals surface area contributed by atoms with Crippen LogP contribution >= 0.6 is 0 Å². The maximum atomic E-state index is 12.6. The Kier molecular flexibility index (Phi) is 6.44. The average molecular weight is 377 g/mol. The molecule has 0 aliphatic carbocycles. The highest BCUT2D eigenvalue weighted by Gasteiger charge is 2.31. The molecule has 1 saturated heterocycles. The van der Waals surface area contributed by atoms with Crippen molar-refractivity contribution < 1.29 is 19.1 Å². The van der Waals surface area contributed by atoms with Gasteiger partial charge in [-0.05, 0) is 61.3 Å². The van der Waals surface area contributed by atoms with Gasteiger partial charge in [0, 0.05) is 19.0 Å². The molecular formula is C20H31N3O4. The molecule has 1 amide bonds. The fourth-order valence-electron chi connectivity index (χ4n) is 3.22. The quantitative estimate of drug-likeness (QED) is 0.746. The van der Waals surface area contributed by atoms with Crippen LogP contribution in [0.25, 0.3) is 0 Å². The average Bonchev–Trinajstić information content (AvgIpc) is 2.51. The van der Waals surface area contributed by atoms with Gasteiger partial charge in [-0.3, -0.25) is 0 Å². The van der Waals surface area contributed by atoms with Crippen LogP contribution < -0.4 is 0 Å². The van der Waals surface area contributed by atoms with E-state index in [-0.39, 0.29) is 24.1 Å². The molecule has 150 valence electrons. The minimum atomic E-state index is -0.511. The maximum Gasteiger partial charge on any atom is 0.410 e. The third-order valence-electron chi connectivity index (χ3n) is 4.31. The molecule has 2 rings (SSSR count). The van der Waals surface area contributed by atoms with Crippen LogP contribution in [0.5, 0.6) is 0 Å². The Morgan fingerprint density at radius 3 is 2.22 bits per heavy atom. The minimum absolute atomic E-state index is 0.0822. The Morgan fingerprint density at radius 2 is 1.70 bits per heavy atom. The highest BCUT2D eigenvalue weighted by molar-refractivity contribution is 5.92. The maximum absolute atomic E-state index is 12.6. The van der Waals surface area contributed by atoms with E-state index in [1.165, 1.54) is 0 Å². The number of hydrogen-bond acceptors (Lipinski definition) is 6. The second-order valence-corrected chi connectivity index (χ2v) is 8.31. The summed E-state index contributed by atoms with van der Waals surface area (Å²) in [5, 5.41) is 0. The predicted octanol–water partition coefficient (Wildman–Crippen LogP) is 3.77. The zero-order valence-corrected chi connectivity index (χ0v) is 17.5. The fraction of sp³-hybridized carbons (Fsp3) is 0.700. The van der Waals surface area contributed by atoms with E-state index in [1.54, 1.807) is 4.90 Å². The van der Waals surface area contributed by atoms with Gasteiger partial charge in [-0.2, -0.15) is 0 Å². The second-order valence-electron chi connectivity index (χ2n) is 8.31. The molecule has 0 saturated carbocycles. The van der Waals surface area contributed by atoms with Crippen LogP contribution in [0.15, 0.2) is 0 Å². The molecule has 1 aromatic heterocycles. The lowest BCUT2D eigenvalue weighted by Gasteiger charge is -2.33. The van der Waals surface area contributed by atoms with Crippen molar-refractivity contribution in [3.63, 3.8) is 0 Å². The van der Waals surface area contributed by atoms with Crippen molar-refractivity contribution in [3.05, 3.63) is 22.8 Å². The first kappa shape index (κ1) is 21.1. The van der Waals surface area contributed by atoms with Gasteiger partial charge < -0.3 is 14.4 Å². The second kappa shape index (κ2) is 8.23. The lowest BCUT2D eigenvalue weighted by molar-refractivity contribution is 0.0200. The number of rotatable bonds is 3. The SMILES string of the molecule is Cc1nc(C)c(C(=O)OC(C)C)c(C2CCN(C(=O)OC(C)(C)C)CC2)n1. The third kappa shape index (κ3) is 5.65. The van der Waals surface area contributed by atoms with Crippen LogP contribution in [0.3, 0.4) is 0 Å². The van der Waals surface area contributed by atoms with Crippen LogP contribution in [0.1, 0.15) is 80.9 Å². The van der Waals surface area contributed by atoms with Crippen molar-refractivity contribution in [1.82, 2.24) is 14.9 Å². The van der Waals surface area contributed by atoms with Crippen LogP contribution in [-0.2, 0) is 9.47 Å². The van der Waals surface area contributed by atoms with Crippen LogP contribution in [0.4, 0.5) is 4.79 Å². The van der Waals surface area contributed by atoms with Crippen LogP contribution in [0, 0.1) is 13.8 Å². The molecule has 1 aliphatic rings. The van der Waals surface area contributed by atoms with E-state index in [2.05, 4.69) is 9.97 Å². The third-order valence-corrected chi connectivity index (χ3v) is 4.31. The number of carbonyl (C=O) groups excluding carboxylic acids is 2. The van der Waals surface area contributed by atoms with Gasteiger partial charge in [0.15, 0.2) is 0 Å². The number of nitrogens with zero attached hydrogens (tertiary/aromatic N) is 3. The molecule has 1 fully saturated rings. The van der Waals surface area contributed by atoms with E-state index in [0.29, 0.717) is 30.2 Å². The van der Waals surface area contributed by atoms with Crippen LogP contribution in [-0.4, -0.2) is 51.7 Å². The largest absolute Gasteiger partial charge is 0.459 e. The van der Waals surface area contributed by atoms with E-state index in [1.807, 2.05) is 48.5 Å². The normalized spacial score (nSPS) is 15.8. The van der Waals surface area contributed by atoms with Gasteiger partial charge in [0.2, 0.25) is 0 Å². The van der Waals surface area contributed by atoms with E-state index in [0.717, 1.165) is 18.5 Å². The van der Waals surface area contributed by atoms with Crippen molar-refractivity contribution in [2.24, 2.45) is 0 Å². The predicted molar refractivity (Wildman–Crippen MR) is 102 cm³/mol. The molecule has 7 heteroatoms. The summed E-state index contributed by atoms with van der Waals surface area (Å²) in [6.07, 6.45) is 0.935. The molecule has 0 N–H and O–H groups in total. The first-order valence-electron chi connectivity index (χ1n) is 9.52. The molecule has 0 spiro atoms. The zero-order chi connectivity index (χ0) is 20.4. The van der Waals surface area contributed by atoms with E-state index < -0.39 is 5.60 Å². The highest BCUT2D eigenvalue weighted by Crippen LogP contribution is 2.31. The van der Waals surface area contributed by atoms with E-state index in [4.69, 9.17) is 9.47 Å². The summed E-state index contributed by atoms with van der Waals surface area (Å²) in [4.78, 5) is 35.5. The molecule has 0 unspecified atom stereocenters. The van der Waals surface area contributed by atoms with Gasteiger partial charge in [0.05, 0.1) is 17.5 Å². The molecule has 1 aliphatic heterocycles. The Hall–Kier alpha value is -2.18. The van der Waals surface area contributed by atoms with Gasteiger partial charge >= 0.3 is 12.1 Å².